The smallest absolute Gasteiger partial charge is 0.271 e. The van der Waals surface area contributed by atoms with Crippen molar-refractivity contribution < 1.29 is 28.1 Å². The van der Waals surface area contributed by atoms with E-state index in [4.69, 9.17) is 18.9 Å². The summed E-state index contributed by atoms with van der Waals surface area (Å²) in [4.78, 5) is 12.6. The first kappa shape index (κ1) is 26.7. The molecule has 9 heteroatoms. The Morgan fingerprint density at radius 2 is 1.83 bits per heavy atom. The molecular weight excluding hydrogens is 531 g/mol. The summed E-state index contributed by atoms with van der Waals surface area (Å²) in [6, 6.07) is 14.4. The van der Waals surface area contributed by atoms with Crippen molar-refractivity contribution in [1.82, 2.24) is 5.43 Å². The summed E-state index contributed by atoms with van der Waals surface area (Å²) in [6.07, 6.45) is 3.11. The van der Waals surface area contributed by atoms with Crippen molar-refractivity contribution in [3.63, 3.8) is 0 Å². The molecule has 0 saturated heterocycles. The van der Waals surface area contributed by atoms with E-state index >= 15 is 0 Å². The van der Waals surface area contributed by atoms with Gasteiger partial charge in [0, 0.05) is 5.56 Å². The molecule has 3 rings (SSSR count). The average molecular weight is 557 g/mol. The van der Waals surface area contributed by atoms with Crippen LogP contribution in [0, 0.1) is 5.82 Å². The molecule has 188 valence electrons. The molecule has 0 aliphatic carbocycles. The van der Waals surface area contributed by atoms with Crippen molar-refractivity contribution in [2.75, 3.05) is 20.3 Å². The Bertz CT molecular complexity index is 1230. The lowest BCUT2D eigenvalue weighted by atomic mass is 10.2. The third-order valence-corrected chi connectivity index (χ3v) is 5.38. The normalized spacial score (nSPS) is 10.7. The summed E-state index contributed by atoms with van der Waals surface area (Å²) in [5.41, 5.74) is 4.34. The van der Waals surface area contributed by atoms with Crippen LogP contribution < -0.4 is 24.4 Å². The minimum absolute atomic E-state index is 0.236. The quantitative estimate of drug-likeness (QED) is 0.170. The van der Waals surface area contributed by atoms with E-state index in [1.165, 1.54) is 25.5 Å². The number of hydrazone groups is 1. The lowest BCUT2D eigenvalue weighted by Crippen LogP contribution is -2.17. The van der Waals surface area contributed by atoms with Crippen molar-refractivity contribution in [3.05, 3.63) is 94.2 Å². The van der Waals surface area contributed by atoms with Crippen LogP contribution >= 0.6 is 15.9 Å². The predicted octanol–water partition coefficient (Wildman–Crippen LogP) is 5.90. The van der Waals surface area contributed by atoms with E-state index < -0.39 is 5.91 Å². The number of amides is 1. The van der Waals surface area contributed by atoms with Crippen LogP contribution in [0.15, 0.2) is 76.8 Å². The summed E-state index contributed by atoms with van der Waals surface area (Å²) in [7, 11) is 1.52. The van der Waals surface area contributed by atoms with Crippen LogP contribution in [0.1, 0.15) is 28.4 Å². The second-order valence-electron chi connectivity index (χ2n) is 7.34. The summed E-state index contributed by atoms with van der Waals surface area (Å²) < 4.78 is 36.2. The number of nitrogens with zero attached hydrogens (tertiary/aromatic N) is 1. The zero-order valence-corrected chi connectivity index (χ0v) is 21.5. The molecule has 0 aliphatic rings. The molecule has 0 spiro atoms. The highest BCUT2D eigenvalue weighted by atomic mass is 79.9. The molecule has 3 aromatic rings. The minimum Gasteiger partial charge on any atom is -0.493 e. The van der Waals surface area contributed by atoms with Gasteiger partial charge in [-0.2, -0.15) is 5.10 Å². The van der Waals surface area contributed by atoms with Crippen LogP contribution in [0.3, 0.4) is 0 Å². The van der Waals surface area contributed by atoms with E-state index in [-0.39, 0.29) is 12.4 Å². The molecule has 0 saturated carbocycles. The van der Waals surface area contributed by atoms with Gasteiger partial charge in [0.15, 0.2) is 23.0 Å². The number of halogens is 2. The number of hydrogen-bond acceptors (Lipinski definition) is 6. The molecule has 0 atom stereocenters. The largest absolute Gasteiger partial charge is 0.493 e. The van der Waals surface area contributed by atoms with Gasteiger partial charge >= 0.3 is 0 Å². The second-order valence-corrected chi connectivity index (χ2v) is 8.20. The third kappa shape index (κ3) is 7.32. The van der Waals surface area contributed by atoms with E-state index in [0.29, 0.717) is 51.8 Å². The molecule has 3 aromatic carbocycles. The Morgan fingerprint density at radius 1 is 1.06 bits per heavy atom. The average Bonchev–Trinajstić information content (AvgIpc) is 2.88. The molecule has 0 radical (unpaired) electrons. The summed E-state index contributed by atoms with van der Waals surface area (Å²) in [6.45, 7) is 6.46. The Kier molecular flexibility index (Phi) is 9.88. The Balaban J connectivity index is 1.68. The summed E-state index contributed by atoms with van der Waals surface area (Å²) >= 11 is 3.48. The molecule has 0 bridgehead atoms. The number of methoxy groups -OCH3 is 1. The Labute approximate surface area is 217 Å². The molecule has 0 aliphatic heterocycles. The predicted molar refractivity (Wildman–Crippen MR) is 140 cm³/mol. The standard InChI is InChI=1S/C27H26BrFN2O5/c1-4-12-35-23-11-8-20(15-24(23)34-5-2)27(32)31-30-16-19-13-22(28)26(25(14-19)33-3)36-17-18-6-9-21(29)10-7-18/h4,6-11,13-16H,1,5,12,17H2,2-3H3,(H,31,32)/b30-16+. The zero-order chi connectivity index (χ0) is 25.9. The van der Waals surface area contributed by atoms with Crippen LogP contribution in [0.25, 0.3) is 0 Å². The Hall–Kier alpha value is -3.85. The van der Waals surface area contributed by atoms with Crippen LogP contribution in [-0.4, -0.2) is 32.4 Å². The van der Waals surface area contributed by atoms with Gasteiger partial charge in [-0.15, -0.1) is 0 Å². The molecular formula is C27H26BrFN2O5. The first-order chi connectivity index (χ1) is 17.4. The van der Waals surface area contributed by atoms with Gasteiger partial charge in [0.25, 0.3) is 5.91 Å². The molecule has 1 amide bonds. The molecule has 0 unspecified atom stereocenters. The fourth-order valence-electron chi connectivity index (χ4n) is 3.11. The highest BCUT2D eigenvalue weighted by Crippen LogP contribution is 2.37. The van der Waals surface area contributed by atoms with Crippen molar-refractivity contribution in [1.29, 1.82) is 0 Å². The topological polar surface area (TPSA) is 78.4 Å². The number of carbonyl (C=O) groups excluding carboxylic acids is 1. The first-order valence-corrected chi connectivity index (χ1v) is 11.8. The number of ether oxygens (including phenoxy) is 4. The van der Waals surface area contributed by atoms with Gasteiger partial charge in [0.1, 0.15) is 19.0 Å². The highest BCUT2D eigenvalue weighted by Gasteiger charge is 2.13. The van der Waals surface area contributed by atoms with Crippen LogP contribution in [0.2, 0.25) is 0 Å². The van der Waals surface area contributed by atoms with Gasteiger partial charge in [-0.05, 0) is 76.4 Å². The Morgan fingerprint density at radius 3 is 2.53 bits per heavy atom. The van der Waals surface area contributed by atoms with Crippen molar-refractivity contribution in [3.8, 4) is 23.0 Å². The molecule has 0 fully saturated rings. The minimum atomic E-state index is -0.409. The van der Waals surface area contributed by atoms with Gasteiger partial charge in [0.2, 0.25) is 0 Å². The number of benzene rings is 3. The fourth-order valence-corrected chi connectivity index (χ4v) is 3.68. The molecule has 36 heavy (non-hydrogen) atoms. The highest BCUT2D eigenvalue weighted by molar-refractivity contribution is 9.10. The van der Waals surface area contributed by atoms with Crippen LogP contribution in [-0.2, 0) is 6.61 Å². The van der Waals surface area contributed by atoms with Gasteiger partial charge in [-0.25, -0.2) is 9.82 Å². The van der Waals surface area contributed by atoms with E-state index in [2.05, 4.69) is 33.0 Å². The van der Waals surface area contributed by atoms with E-state index in [0.717, 1.165) is 5.56 Å². The monoisotopic (exact) mass is 556 g/mol. The maximum Gasteiger partial charge on any atom is 0.271 e. The molecule has 0 aromatic heterocycles. The fraction of sp³-hybridized carbons (Fsp3) is 0.185. The maximum absolute atomic E-state index is 13.1. The first-order valence-electron chi connectivity index (χ1n) is 11.0. The van der Waals surface area contributed by atoms with Crippen molar-refractivity contribution >= 4 is 28.1 Å². The van der Waals surface area contributed by atoms with Gasteiger partial charge < -0.3 is 18.9 Å². The number of rotatable bonds is 12. The lowest BCUT2D eigenvalue weighted by Gasteiger charge is -2.13. The van der Waals surface area contributed by atoms with Crippen molar-refractivity contribution in [2.24, 2.45) is 5.10 Å². The number of carbonyl (C=O) groups is 1. The van der Waals surface area contributed by atoms with Crippen LogP contribution in [0.5, 0.6) is 23.0 Å². The summed E-state index contributed by atoms with van der Waals surface area (Å²) in [5, 5.41) is 4.05. The van der Waals surface area contributed by atoms with Gasteiger partial charge in [-0.3, -0.25) is 4.79 Å². The lowest BCUT2D eigenvalue weighted by molar-refractivity contribution is 0.0954. The molecule has 1 N–H and O–H groups in total. The maximum atomic E-state index is 13.1. The number of hydrogen-bond donors (Lipinski definition) is 1. The van der Waals surface area contributed by atoms with Gasteiger partial charge in [-0.1, -0.05) is 24.8 Å². The van der Waals surface area contributed by atoms with Crippen LogP contribution in [0.4, 0.5) is 4.39 Å². The molecule has 7 nitrogen and oxygen atoms in total. The SMILES string of the molecule is C=CCOc1ccc(C(=O)N/N=C/c2cc(Br)c(OCc3ccc(F)cc3)c(OC)c2)cc1OCC. The van der Waals surface area contributed by atoms with E-state index in [9.17, 15) is 9.18 Å². The second kappa shape index (κ2) is 13.3. The van der Waals surface area contributed by atoms with E-state index in [1.54, 1.807) is 48.5 Å². The molecule has 0 heterocycles. The summed E-state index contributed by atoms with van der Waals surface area (Å²) in [5.74, 6) is 1.22. The van der Waals surface area contributed by atoms with Crippen molar-refractivity contribution in [2.45, 2.75) is 13.5 Å². The third-order valence-electron chi connectivity index (χ3n) is 4.79. The zero-order valence-electron chi connectivity index (χ0n) is 19.9. The van der Waals surface area contributed by atoms with Gasteiger partial charge in [0.05, 0.1) is 24.4 Å². The number of nitrogens with one attached hydrogen (secondary N) is 1. The van der Waals surface area contributed by atoms with E-state index in [1.807, 2.05) is 6.92 Å².